The van der Waals surface area contributed by atoms with Crippen molar-refractivity contribution in [3.63, 3.8) is 0 Å². The third-order valence-electron chi connectivity index (χ3n) is 4.39. The molecule has 0 aliphatic carbocycles. The molecule has 0 amide bonds. The average molecular weight is 415 g/mol. The van der Waals surface area contributed by atoms with E-state index in [-0.39, 0.29) is 12.2 Å². The van der Waals surface area contributed by atoms with Gasteiger partial charge in [-0.05, 0) is 55.3 Å². The fraction of sp³-hybridized carbons (Fsp3) is 0.240. The van der Waals surface area contributed by atoms with Gasteiger partial charge in [0.2, 0.25) is 0 Å². The standard InChI is InChI=1S/C25H25N3O3/c1-4-30-25(29)20(15-26)14-21-16-28(22-8-6-5-7-9-22)27-24(21)19-10-12-23(13-11-19)31-17-18(2)3/h5-14,16,18H,4,17H2,1-3H3. The van der Waals surface area contributed by atoms with Gasteiger partial charge < -0.3 is 9.47 Å². The van der Waals surface area contributed by atoms with Crippen LogP contribution in [0.4, 0.5) is 0 Å². The molecule has 158 valence electrons. The lowest BCUT2D eigenvalue weighted by molar-refractivity contribution is -0.137. The lowest BCUT2D eigenvalue weighted by atomic mass is 10.1. The maximum Gasteiger partial charge on any atom is 0.348 e. The second-order valence-electron chi connectivity index (χ2n) is 7.33. The summed E-state index contributed by atoms with van der Waals surface area (Å²) in [7, 11) is 0. The largest absolute Gasteiger partial charge is 0.493 e. The number of rotatable bonds is 8. The van der Waals surface area contributed by atoms with Crippen LogP contribution in [-0.2, 0) is 9.53 Å². The van der Waals surface area contributed by atoms with E-state index in [0.29, 0.717) is 23.8 Å². The summed E-state index contributed by atoms with van der Waals surface area (Å²) < 4.78 is 12.5. The van der Waals surface area contributed by atoms with Crippen LogP contribution < -0.4 is 4.74 Å². The lowest BCUT2D eigenvalue weighted by Gasteiger charge is -2.09. The van der Waals surface area contributed by atoms with Gasteiger partial charge in [-0.15, -0.1) is 0 Å². The fourth-order valence-electron chi connectivity index (χ4n) is 2.90. The van der Waals surface area contributed by atoms with E-state index in [4.69, 9.17) is 14.6 Å². The molecule has 6 heteroatoms. The monoisotopic (exact) mass is 415 g/mol. The first-order valence-electron chi connectivity index (χ1n) is 10.2. The maximum atomic E-state index is 12.1. The fourth-order valence-corrected chi connectivity index (χ4v) is 2.90. The topological polar surface area (TPSA) is 77.1 Å². The van der Waals surface area contributed by atoms with Gasteiger partial charge in [0.05, 0.1) is 24.6 Å². The van der Waals surface area contributed by atoms with Crippen molar-refractivity contribution in [3.8, 4) is 28.8 Å². The minimum atomic E-state index is -0.652. The minimum absolute atomic E-state index is 0.0763. The van der Waals surface area contributed by atoms with E-state index < -0.39 is 5.97 Å². The van der Waals surface area contributed by atoms with Gasteiger partial charge in [-0.3, -0.25) is 0 Å². The number of para-hydroxylation sites is 1. The van der Waals surface area contributed by atoms with Crippen molar-refractivity contribution in [2.45, 2.75) is 20.8 Å². The molecule has 0 saturated carbocycles. The zero-order chi connectivity index (χ0) is 22.2. The summed E-state index contributed by atoms with van der Waals surface area (Å²) in [5, 5.41) is 14.2. The van der Waals surface area contributed by atoms with E-state index in [1.165, 1.54) is 6.08 Å². The summed E-state index contributed by atoms with van der Waals surface area (Å²) in [6, 6.07) is 19.2. The average Bonchev–Trinajstić information content (AvgIpc) is 3.21. The first-order valence-corrected chi connectivity index (χ1v) is 10.2. The molecule has 3 aromatic rings. The van der Waals surface area contributed by atoms with Crippen molar-refractivity contribution in [1.29, 1.82) is 5.26 Å². The van der Waals surface area contributed by atoms with Crippen LogP contribution in [0.25, 0.3) is 23.0 Å². The third-order valence-corrected chi connectivity index (χ3v) is 4.39. The molecule has 0 aliphatic rings. The van der Waals surface area contributed by atoms with Crippen LogP contribution in [0, 0.1) is 17.2 Å². The molecule has 0 radical (unpaired) electrons. The number of aromatic nitrogens is 2. The molecule has 0 bridgehead atoms. The van der Waals surface area contributed by atoms with Crippen LogP contribution in [0.15, 0.2) is 66.4 Å². The molecule has 6 nitrogen and oxygen atoms in total. The molecule has 31 heavy (non-hydrogen) atoms. The number of hydrogen-bond acceptors (Lipinski definition) is 5. The van der Waals surface area contributed by atoms with Gasteiger partial charge >= 0.3 is 5.97 Å². The van der Waals surface area contributed by atoms with Crippen molar-refractivity contribution in [1.82, 2.24) is 9.78 Å². The number of nitriles is 1. The van der Waals surface area contributed by atoms with Crippen LogP contribution in [0.5, 0.6) is 5.75 Å². The van der Waals surface area contributed by atoms with E-state index in [2.05, 4.69) is 13.8 Å². The van der Waals surface area contributed by atoms with E-state index in [1.54, 1.807) is 17.8 Å². The Morgan fingerprint density at radius 1 is 1.16 bits per heavy atom. The van der Waals surface area contributed by atoms with E-state index in [0.717, 1.165) is 17.0 Å². The molecule has 1 heterocycles. The van der Waals surface area contributed by atoms with E-state index in [9.17, 15) is 10.1 Å². The summed E-state index contributed by atoms with van der Waals surface area (Å²) in [4.78, 5) is 12.1. The Labute approximate surface area is 182 Å². The normalized spacial score (nSPS) is 11.3. The zero-order valence-electron chi connectivity index (χ0n) is 17.9. The van der Waals surface area contributed by atoms with Gasteiger partial charge in [0.1, 0.15) is 17.4 Å². The number of ether oxygens (including phenoxy) is 2. The Bertz CT molecular complexity index is 1090. The molecule has 1 aromatic heterocycles. The Morgan fingerprint density at radius 2 is 1.87 bits per heavy atom. The second-order valence-corrected chi connectivity index (χ2v) is 7.33. The van der Waals surface area contributed by atoms with Crippen LogP contribution in [0.1, 0.15) is 26.3 Å². The summed E-state index contributed by atoms with van der Waals surface area (Å²) in [5.41, 5.74) is 2.93. The van der Waals surface area contributed by atoms with Gasteiger partial charge in [-0.25, -0.2) is 9.48 Å². The summed E-state index contributed by atoms with van der Waals surface area (Å²) in [6.07, 6.45) is 3.31. The SMILES string of the molecule is CCOC(=O)C(C#N)=Cc1cn(-c2ccccc2)nc1-c1ccc(OCC(C)C)cc1. The number of esters is 1. The highest BCUT2D eigenvalue weighted by Gasteiger charge is 2.16. The molecular formula is C25H25N3O3. The van der Waals surface area contributed by atoms with Crippen molar-refractivity contribution < 1.29 is 14.3 Å². The predicted molar refractivity (Wildman–Crippen MR) is 120 cm³/mol. The first kappa shape index (κ1) is 21.8. The van der Waals surface area contributed by atoms with Crippen molar-refractivity contribution >= 4 is 12.0 Å². The van der Waals surface area contributed by atoms with Gasteiger partial charge in [-0.2, -0.15) is 10.4 Å². The van der Waals surface area contributed by atoms with Crippen molar-refractivity contribution in [2.75, 3.05) is 13.2 Å². The molecule has 0 saturated heterocycles. The maximum absolute atomic E-state index is 12.1. The molecule has 0 N–H and O–H groups in total. The molecule has 0 atom stereocenters. The van der Waals surface area contributed by atoms with Crippen LogP contribution in [0.3, 0.4) is 0 Å². The molecule has 0 spiro atoms. The quantitative estimate of drug-likeness (QED) is 0.292. The Balaban J connectivity index is 2.03. The summed E-state index contributed by atoms with van der Waals surface area (Å²) in [5.74, 6) is 0.562. The van der Waals surface area contributed by atoms with Gasteiger partial charge in [-0.1, -0.05) is 32.0 Å². The smallest absolute Gasteiger partial charge is 0.348 e. The summed E-state index contributed by atoms with van der Waals surface area (Å²) in [6.45, 7) is 6.74. The Morgan fingerprint density at radius 3 is 2.48 bits per heavy atom. The highest BCUT2D eigenvalue weighted by Crippen LogP contribution is 2.28. The summed E-state index contributed by atoms with van der Waals surface area (Å²) >= 11 is 0. The van der Waals surface area contributed by atoms with Crippen LogP contribution >= 0.6 is 0 Å². The van der Waals surface area contributed by atoms with E-state index >= 15 is 0 Å². The number of carbonyl (C=O) groups excluding carboxylic acids is 1. The van der Waals surface area contributed by atoms with Gasteiger partial charge in [0.25, 0.3) is 0 Å². The van der Waals surface area contributed by atoms with Gasteiger partial charge in [0, 0.05) is 17.3 Å². The van der Waals surface area contributed by atoms with E-state index in [1.807, 2.05) is 60.7 Å². The van der Waals surface area contributed by atoms with Crippen molar-refractivity contribution in [2.24, 2.45) is 5.92 Å². The van der Waals surface area contributed by atoms with Crippen molar-refractivity contribution in [3.05, 3.63) is 71.9 Å². The Kier molecular flexibility index (Phi) is 7.23. The second kappa shape index (κ2) is 10.3. The number of carbonyl (C=O) groups is 1. The highest BCUT2D eigenvalue weighted by molar-refractivity contribution is 5.98. The molecule has 0 unspecified atom stereocenters. The lowest BCUT2D eigenvalue weighted by Crippen LogP contribution is -2.06. The minimum Gasteiger partial charge on any atom is -0.493 e. The zero-order valence-corrected chi connectivity index (χ0v) is 17.9. The molecule has 2 aromatic carbocycles. The van der Waals surface area contributed by atoms with Crippen LogP contribution in [0.2, 0.25) is 0 Å². The number of hydrogen-bond donors (Lipinski definition) is 0. The first-order chi connectivity index (χ1) is 15.0. The predicted octanol–water partition coefficient (Wildman–Crippen LogP) is 5.04. The van der Waals surface area contributed by atoms with Gasteiger partial charge in [0.15, 0.2) is 0 Å². The molecule has 0 aliphatic heterocycles. The third kappa shape index (κ3) is 5.61. The molecule has 0 fully saturated rings. The van der Waals surface area contributed by atoms with Crippen LogP contribution in [-0.4, -0.2) is 29.0 Å². The number of nitrogens with zero attached hydrogens (tertiary/aromatic N) is 3. The number of benzene rings is 2. The Hall–Kier alpha value is -3.85. The highest BCUT2D eigenvalue weighted by atomic mass is 16.5. The molecule has 3 rings (SSSR count). The molecular weight excluding hydrogens is 390 g/mol.